The number of ether oxygens (including phenoxy) is 1. The van der Waals surface area contributed by atoms with Crippen LogP contribution in [0.15, 0.2) is 72.8 Å². The molecule has 0 saturated carbocycles. The zero-order chi connectivity index (χ0) is 33.6. The van der Waals surface area contributed by atoms with Gasteiger partial charge in [0.1, 0.15) is 19.3 Å². The van der Waals surface area contributed by atoms with Crippen molar-refractivity contribution >= 4 is 45.1 Å². The van der Waals surface area contributed by atoms with Gasteiger partial charge in [0.05, 0.1) is 6.61 Å². The summed E-state index contributed by atoms with van der Waals surface area (Å²) in [5, 5.41) is 14.2. The molecule has 2 saturated heterocycles. The minimum atomic E-state index is 0.0453. The van der Waals surface area contributed by atoms with E-state index >= 15 is 0 Å². The number of aryl methyl sites for hydroxylation is 1. The molecular weight excluding hydrogens is 626 g/mol. The van der Waals surface area contributed by atoms with Gasteiger partial charge in [0, 0.05) is 92.8 Å². The summed E-state index contributed by atoms with van der Waals surface area (Å²) in [6.45, 7) is 11.0. The van der Waals surface area contributed by atoms with Crippen LogP contribution in [0.5, 0.6) is 11.5 Å². The first-order chi connectivity index (χ1) is 23.8. The summed E-state index contributed by atoms with van der Waals surface area (Å²) in [6.07, 6.45) is 2.44. The molecule has 4 aromatic rings. The van der Waals surface area contributed by atoms with Crippen molar-refractivity contribution in [2.24, 2.45) is 5.92 Å². The fourth-order valence-electron chi connectivity index (χ4n) is 8.45. The van der Waals surface area contributed by atoms with Gasteiger partial charge in [-0.05, 0) is 78.0 Å². The highest BCUT2D eigenvalue weighted by Crippen LogP contribution is 2.47. The Labute approximate surface area is 293 Å². The van der Waals surface area contributed by atoms with E-state index in [1.165, 1.54) is 52.9 Å². The smallest absolute Gasteiger partial charge is 0.251 e. The number of phenols is 1. The number of fused-ring (bicyclic) bond motifs is 2. The quantitative estimate of drug-likeness (QED) is 0.238. The minimum Gasteiger partial charge on any atom is -0.508 e. The molecule has 1 amide bonds. The van der Waals surface area contributed by atoms with Crippen molar-refractivity contribution in [2.75, 3.05) is 62.2 Å². The van der Waals surface area contributed by atoms with Crippen molar-refractivity contribution in [3.05, 3.63) is 106 Å². The van der Waals surface area contributed by atoms with Gasteiger partial charge < -0.3 is 25.0 Å². The number of amides is 1. The Morgan fingerprint density at radius 2 is 1.65 bits per heavy atom. The first kappa shape index (κ1) is 32.2. The van der Waals surface area contributed by atoms with Crippen molar-refractivity contribution in [1.82, 2.24) is 10.2 Å². The van der Waals surface area contributed by atoms with Gasteiger partial charge in [0.15, 0.2) is 0 Å². The number of carbonyl (C=O) groups is 1. The summed E-state index contributed by atoms with van der Waals surface area (Å²) in [5.41, 5.74) is 10.8. The highest BCUT2D eigenvalue weighted by atomic mass is 31.0. The third-order valence-electron chi connectivity index (χ3n) is 11.5. The van der Waals surface area contributed by atoms with Gasteiger partial charge >= 0.3 is 0 Å². The molecule has 7 nitrogen and oxygen atoms in total. The first-order valence-electron chi connectivity index (χ1n) is 17.9. The first-order valence-corrected chi connectivity index (χ1v) is 18.4. The predicted octanol–water partition coefficient (Wildman–Crippen LogP) is 4.05. The van der Waals surface area contributed by atoms with Crippen molar-refractivity contribution in [2.45, 2.75) is 38.1 Å². The van der Waals surface area contributed by atoms with Gasteiger partial charge in [-0.1, -0.05) is 47.4 Å². The average molecular weight is 673 g/mol. The molecule has 49 heavy (non-hydrogen) atoms. The number of phenolic OH excluding ortho intramolecular Hbond substituents is 1. The average Bonchev–Trinajstić information content (AvgIpc) is 3.48. The summed E-state index contributed by atoms with van der Waals surface area (Å²) < 4.78 is 6.24. The number of hydrogen-bond acceptors (Lipinski definition) is 6. The Morgan fingerprint density at radius 1 is 0.898 bits per heavy atom. The summed E-state index contributed by atoms with van der Waals surface area (Å²) in [6, 6.07) is 25.9. The van der Waals surface area contributed by atoms with Crippen LogP contribution in [0.1, 0.15) is 62.9 Å². The van der Waals surface area contributed by atoms with Gasteiger partial charge in [-0.25, -0.2) is 0 Å². The van der Waals surface area contributed by atoms with Gasteiger partial charge in [-0.15, -0.1) is 9.24 Å². The fraction of sp³-hybridized carbons (Fsp3) is 0.375. The molecule has 4 aliphatic rings. The molecular formula is C40H46BN4O3P. The summed E-state index contributed by atoms with van der Waals surface area (Å²) in [5.74, 6) is 2.14. The van der Waals surface area contributed by atoms with Crippen LogP contribution in [0.25, 0.3) is 0 Å². The molecule has 0 aliphatic carbocycles. The van der Waals surface area contributed by atoms with Crippen LogP contribution in [0.4, 0.5) is 11.4 Å². The zero-order valence-corrected chi connectivity index (χ0v) is 29.8. The zero-order valence-electron chi connectivity index (χ0n) is 28.6. The molecule has 0 aromatic heterocycles. The molecule has 4 aliphatic heterocycles. The number of carbonyl (C=O) groups excluding carboxylic acids is 1. The van der Waals surface area contributed by atoms with Crippen molar-refractivity contribution in [3.63, 3.8) is 0 Å². The number of piperazine rings is 1. The number of benzene rings is 4. The van der Waals surface area contributed by atoms with E-state index in [0.29, 0.717) is 13.2 Å². The van der Waals surface area contributed by atoms with Crippen LogP contribution in [-0.4, -0.2) is 76.2 Å². The monoisotopic (exact) mass is 672 g/mol. The standard InChI is InChI=1S/C40H46BN4O3P/c1-25-18-28(4-9-35(25)41)34-24-48-37-20-31(46)7-8-32(37)39(34)27-2-5-30(6-3-27)44-12-10-26(11-13-44)23-43-14-16-45(17-15-43)36-19-29-22-42-40(47)33(29)21-38(36)49/h2-9,18-21,26,34,39,46H,10-17,22-24,41,49H2,1H3,(H,42,47). The van der Waals surface area contributed by atoms with Crippen molar-refractivity contribution in [3.8, 4) is 11.5 Å². The Hall–Kier alpha value is -4.00. The van der Waals surface area contributed by atoms with Crippen LogP contribution in [-0.2, 0) is 6.54 Å². The Morgan fingerprint density at radius 3 is 2.41 bits per heavy atom. The number of piperidine rings is 1. The Balaban J connectivity index is 0.892. The van der Waals surface area contributed by atoms with Crippen molar-refractivity contribution in [1.29, 1.82) is 0 Å². The van der Waals surface area contributed by atoms with E-state index in [1.807, 2.05) is 12.1 Å². The SMILES string of the molecule is Bc1ccc(C2COc3cc(O)ccc3C2c2ccc(N3CCC(CN4CCN(c5cc6c(cc5P)C(=O)NC6)CC4)CC3)cc2)cc1C. The lowest BCUT2D eigenvalue weighted by atomic mass is 9.75. The van der Waals surface area contributed by atoms with Gasteiger partial charge in [-0.2, -0.15) is 0 Å². The third-order valence-corrected chi connectivity index (χ3v) is 12.0. The van der Waals surface area contributed by atoms with Crippen LogP contribution >= 0.6 is 9.24 Å². The maximum atomic E-state index is 12.1. The van der Waals surface area contributed by atoms with E-state index in [4.69, 9.17) is 4.74 Å². The number of nitrogens with one attached hydrogen (secondary N) is 1. The molecule has 8 rings (SSSR count). The summed E-state index contributed by atoms with van der Waals surface area (Å²) in [7, 11) is 5.00. The highest BCUT2D eigenvalue weighted by molar-refractivity contribution is 7.28. The number of nitrogens with zero attached hydrogens (tertiary/aromatic N) is 3. The van der Waals surface area contributed by atoms with Crippen LogP contribution in [0.3, 0.4) is 0 Å². The van der Waals surface area contributed by atoms with E-state index in [1.54, 1.807) is 12.1 Å². The number of aromatic hydroxyl groups is 1. The number of anilines is 2. The minimum absolute atomic E-state index is 0.0453. The van der Waals surface area contributed by atoms with Gasteiger partial charge in [0.25, 0.3) is 5.91 Å². The molecule has 0 bridgehead atoms. The van der Waals surface area contributed by atoms with Crippen molar-refractivity contribution < 1.29 is 14.6 Å². The molecule has 9 heteroatoms. The predicted molar refractivity (Wildman–Crippen MR) is 205 cm³/mol. The van der Waals surface area contributed by atoms with E-state index in [2.05, 4.69) is 92.6 Å². The van der Waals surface area contributed by atoms with E-state index < -0.39 is 0 Å². The van der Waals surface area contributed by atoms with E-state index in [9.17, 15) is 9.90 Å². The van der Waals surface area contributed by atoms with Gasteiger partial charge in [-0.3, -0.25) is 9.69 Å². The molecule has 3 atom stereocenters. The van der Waals surface area contributed by atoms with E-state index in [0.717, 1.165) is 72.9 Å². The summed E-state index contributed by atoms with van der Waals surface area (Å²) >= 11 is 0. The summed E-state index contributed by atoms with van der Waals surface area (Å²) in [4.78, 5) is 19.8. The lowest BCUT2D eigenvalue weighted by Gasteiger charge is -2.40. The second-order valence-corrected chi connectivity index (χ2v) is 15.1. The fourth-order valence-corrected chi connectivity index (χ4v) is 8.88. The van der Waals surface area contributed by atoms with Crippen LogP contribution in [0.2, 0.25) is 0 Å². The molecule has 0 radical (unpaired) electrons. The molecule has 0 spiro atoms. The lowest BCUT2D eigenvalue weighted by Crippen LogP contribution is -2.49. The maximum Gasteiger partial charge on any atom is 0.251 e. The lowest BCUT2D eigenvalue weighted by molar-refractivity contribution is 0.0966. The molecule has 2 fully saturated rings. The van der Waals surface area contributed by atoms with Gasteiger partial charge in [0.2, 0.25) is 0 Å². The van der Waals surface area contributed by atoms with Crippen LogP contribution < -0.4 is 30.6 Å². The molecule has 4 aromatic carbocycles. The normalized spacial score (nSPS) is 21.2. The second kappa shape index (κ2) is 13.4. The molecule has 4 heterocycles. The largest absolute Gasteiger partial charge is 0.508 e. The maximum absolute atomic E-state index is 12.1. The van der Waals surface area contributed by atoms with Crippen LogP contribution in [0, 0.1) is 12.8 Å². The molecule has 3 unspecified atom stereocenters. The molecule has 252 valence electrons. The topological polar surface area (TPSA) is 68.3 Å². The third kappa shape index (κ3) is 6.42. The number of rotatable bonds is 6. The highest BCUT2D eigenvalue weighted by Gasteiger charge is 2.34. The Kier molecular flexibility index (Phi) is 8.80. The second-order valence-electron chi connectivity index (χ2n) is 14.5. The van der Waals surface area contributed by atoms with E-state index in [-0.39, 0.29) is 23.5 Å². The Bertz CT molecular complexity index is 1870. The molecule has 2 N–H and O–H groups in total. The number of hydrogen-bond donors (Lipinski definition) is 2.